The van der Waals surface area contributed by atoms with Gasteiger partial charge < -0.3 is 34.8 Å². The molecule has 0 fully saturated rings. The smallest absolute Gasteiger partial charge is 0.379 e. The summed E-state index contributed by atoms with van der Waals surface area (Å²) in [6.45, 7) is 1.94. The summed E-state index contributed by atoms with van der Waals surface area (Å²) in [5.41, 5.74) is -4.31. The van der Waals surface area contributed by atoms with Gasteiger partial charge in [0.1, 0.15) is 11.4 Å². The van der Waals surface area contributed by atoms with E-state index < -0.39 is 54.4 Å². The van der Waals surface area contributed by atoms with Gasteiger partial charge in [-0.1, -0.05) is 32.0 Å². The summed E-state index contributed by atoms with van der Waals surface area (Å²) in [5, 5.41) is 49.9. The number of carbonyl (C=O) groups is 1. The predicted molar refractivity (Wildman–Crippen MR) is 95.8 cm³/mol. The molecule has 0 spiro atoms. The molecule has 3 atom stereocenters. The fourth-order valence-corrected chi connectivity index (χ4v) is 3.40. The molecule has 1 aromatic rings. The van der Waals surface area contributed by atoms with Crippen LogP contribution in [0.2, 0.25) is 0 Å². The molecule has 2 rings (SSSR count). The van der Waals surface area contributed by atoms with Gasteiger partial charge in [-0.25, -0.2) is 10.1 Å². The van der Waals surface area contributed by atoms with Crippen LogP contribution < -0.4 is 4.74 Å². The highest BCUT2D eigenvalue weighted by Crippen LogP contribution is 2.47. The zero-order valence-electron chi connectivity index (χ0n) is 15.7. The minimum atomic E-state index is -2.18. The van der Waals surface area contributed by atoms with Gasteiger partial charge in [0.25, 0.3) is 5.76 Å². The van der Waals surface area contributed by atoms with Crippen molar-refractivity contribution in [3.63, 3.8) is 0 Å². The van der Waals surface area contributed by atoms with E-state index in [1.165, 1.54) is 0 Å². The van der Waals surface area contributed by atoms with Crippen LogP contribution in [0.4, 0.5) is 0 Å². The molecule has 0 radical (unpaired) electrons. The lowest BCUT2D eigenvalue weighted by Gasteiger charge is -2.43. The quantitative estimate of drug-likeness (QED) is 0.217. The van der Waals surface area contributed by atoms with E-state index in [0.29, 0.717) is 0 Å². The molecule has 0 amide bonds. The Labute approximate surface area is 162 Å². The fraction of sp³-hybridized carbons (Fsp3) is 0.526. The number of hydrogen-bond donors (Lipinski definition) is 5. The third-order valence-electron chi connectivity index (χ3n) is 4.57. The monoisotopic (exact) mass is 398 g/mol. The molecule has 0 aromatic heterocycles. The number of benzene rings is 1. The number of para-hydroxylation sites is 1. The highest BCUT2D eigenvalue weighted by atomic mass is 17.1. The first-order valence-electron chi connectivity index (χ1n) is 8.87. The minimum Gasteiger partial charge on any atom is -0.446 e. The first-order chi connectivity index (χ1) is 13.2. The molecule has 9 heteroatoms. The van der Waals surface area contributed by atoms with Crippen LogP contribution in [0, 0.1) is 5.92 Å². The average molecular weight is 398 g/mol. The van der Waals surface area contributed by atoms with E-state index in [0.717, 1.165) is 0 Å². The lowest BCUT2D eigenvalue weighted by atomic mass is 9.73. The molecule has 0 bridgehead atoms. The van der Waals surface area contributed by atoms with E-state index in [1.807, 2.05) is 0 Å². The molecular weight excluding hydrogens is 372 g/mol. The Morgan fingerprint density at radius 2 is 1.86 bits per heavy atom. The van der Waals surface area contributed by atoms with Gasteiger partial charge in [-0.15, -0.1) is 0 Å². The summed E-state index contributed by atoms with van der Waals surface area (Å²) in [6.07, 6.45) is -2.06. The molecule has 156 valence electrons. The largest absolute Gasteiger partial charge is 0.446 e. The van der Waals surface area contributed by atoms with Crippen molar-refractivity contribution in [2.75, 3.05) is 13.2 Å². The molecule has 1 aliphatic heterocycles. The van der Waals surface area contributed by atoms with E-state index in [4.69, 9.17) is 9.47 Å². The maximum absolute atomic E-state index is 12.5. The van der Waals surface area contributed by atoms with Crippen LogP contribution in [-0.4, -0.2) is 62.2 Å². The Hall–Kier alpha value is -2.17. The number of aliphatic hydroxyl groups is 4. The summed E-state index contributed by atoms with van der Waals surface area (Å²) in [6, 6.07) is 8.13. The standard InChI is InChI=1S/C19H26O9/c1-12(2)8-18(24,11-21)19(9-13(22)10-20)16(28-25)15(17(23)27-19)26-14-6-4-3-5-7-14/h3-7,12-13,20-22,24-25H,8-11H2,1-2H3/t13?,18-,19-/m0/s1. The Balaban J connectivity index is 2.61. The van der Waals surface area contributed by atoms with E-state index >= 15 is 0 Å². The summed E-state index contributed by atoms with van der Waals surface area (Å²) >= 11 is 0. The van der Waals surface area contributed by atoms with Gasteiger partial charge in [0.15, 0.2) is 0 Å². The van der Waals surface area contributed by atoms with Crippen molar-refractivity contribution >= 4 is 5.97 Å². The Morgan fingerprint density at radius 1 is 1.21 bits per heavy atom. The predicted octanol–water partition coefficient (Wildman–Crippen LogP) is 0.575. The van der Waals surface area contributed by atoms with Crippen molar-refractivity contribution in [1.82, 2.24) is 0 Å². The van der Waals surface area contributed by atoms with Gasteiger partial charge >= 0.3 is 5.97 Å². The number of esters is 1. The van der Waals surface area contributed by atoms with Crippen LogP contribution in [0.1, 0.15) is 26.7 Å². The zero-order valence-corrected chi connectivity index (χ0v) is 15.7. The first kappa shape index (κ1) is 22.1. The summed E-state index contributed by atoms with van der Waals surface area (Å²) in [7, 11) is 0. The summed E-state index contributed by atoms with van der Waals surface area (Å²) < 4.78 is 10.9. The van der Waals surface area contributed by atoms with Crippen molar-refractivity contribution < 1.29 is 44.8 Å². The molecular formula is C19H26O9. The van der Waals surface area contributed by atoms with Crippen molar-refractivity contribution in [1.29, 1.82) is 0 Å². The van der Waals surface area contributed by atoms with Crippen LogP contribution in [0.5, 0.6) is 5.75 Å². The van der Waals surface area contributed by atoms with E-state index in [-0.39, 0.29) is 18.1 Å². The number of hydrogen-bond acceptors (Lipinski definition) is 9. The number of carbonyl (C=O) groups excluding carboxylic acids is 1. The third kappa shape index (κ3) is 4.13. The fourth-order valence-electron chi connectivity index (χ4n) is 3.40. The molecule has 0 saturated heterocycles. The van der Waals surface area contributed by atoms with Crippen molar-refractivity contribution in [2.24, 2.45) is 5.92 Å². The molecule has 1 aliphatic rings. The van der Waals surface area contributed by atoms with Crippen LogP contribution in [-0.2, 0) is 14.4 Å². The highest BCUT2D eigenvalue weighted by molar-refractivity contribution is 5.91. The van der Waals surface area contributed by atoms with Crippen LogP contribution >= 0.6 is 0 Å². The molecule has 5 N–H and O–H groups in total. The summed E-state index contributed by atoms with van der Waals surface area (Å²) in [5.74, 6) is -2.12. The average Bonchev–Trinajstić information content (AvgIpc) is 2.93. The minimum absolute atomic E-state index is 0.0690. The maximum Gasteiger partial charge on any atom is 0.379 e. The number of aliphatic hydroxyl groups excluding tert-OH is 3. The number of ether oxygens (including phenoxy) is 2. The third-order valence-corrected chi connectivity index (χ3v) is 4.57. The molecule has 0 saturated carbocycles. The van der Waals surface area contributed by atoms with E-state index in [2.05, 4.69) is 4.89 Å². The second-order valence-corrected chi connectivity index (χ2v) is 7.21. The van der Waals surface area contributed by atoms with Gasteiger partial charge in [-0.3, -0.25) is 0 Å². The molecule has 9 nitrogen and oxygen atoms in total. The number of rotatable bonds is 10. The van der Waals surface area contributed by atoms with Crippen molar-refractivity contribution in [3.8, 4) is 5.75 Å². The van der Waals surface area contributed by atoms with E-state index in [9.17, 15) is 30.5 Å². The van der Waals surface area contributed by atoms with Gasteiger partial charge in [-0.05, 0) is 24.5 Å². The van der Waals surface area contributed by atoms with Gasteiger partial charge in [0, 0.05) is 6.42 Å². The van der Waals surface area contributed by atoms with Gasteiger partial charge in [0.05, 0.1) is 19.3 Å². The van der Waals surface area contributed by atoms with Crippen molar-refractivity contribution in [2.45, 2.75) is 44.0 Å². The normalized spacial score (nSPS) is 22.8. The topological polar surface area (TPSA) is 146 Å². The van der Waals surface area contributed by atoms with Crippen LogP contribution in [0.3, 0.4) is 0 Å². The zero-order chi connectivity index (χ0) is 20.9. The Bertz CT molecular complexity index is 703. The highest BCUT2D eigenvalue weighted by Gasteiger charge is 2.64. The second-order valence-electron chi connectivity index (χ2n) is 7.21. The molecule has 1 heterocycles. The van der Waals surface area contributed by atoms with Gasteiger partial charge in [-0.2, -0.15) is 0 Å². The number of cyclic esters (lactones) is 1. The Morgan fingerprint density at radius 3 is 2.36 bits per heavy atom. The first-order valence-corrected chi connectivity index (χ1v) is 8.87. The van der Waals surface area contributed by atoms with E-state index in [1.54, 1.807) is 44.2 Å². The van der Waals surface area contributed by atoms with Crippen LogP contribution in [0.25, 0.3) is 0 Å². The molecule has 1 unspecified atom stereocenters. The van der Waals surface area contributed by atoms with Crippen molar-refractivity contribution in [3.05, 3.63) is 41.9 Å². The lowest BCUT2D eigenvalue weighted by Crippen LogP contribution is -2.60. The second kappa shape index (κ2) is 8.89. The molecule has 0 aliphatic carbocycles. The van der Waals surface area contributed by atoms with Crippen LogP contribution in [0.15, 0.2) is 41.9 Å². The molecule has 1 aromatic carbocycles. The molecule has 28 heavy (non-hydrogen) atoms. The summed E-state index contributed by atoms with van der Waals surface area (Å²) in [4.78, 5) is 17.0. The SMILES string of the molecule is CC(C)C[C@](O)(CO)[C@@]1(CC(O)CO)OC(=O)C(Oc2ccccc2)=C1OO. The lowest BCUT2D eigenvalue weighted by molar-refractivity contribution is -0.263. The Kier molecular flexibility index (Phi) is 7.02. The maximum atomic E-state index is 12.5. The van der Waals surface area contributed by atoms with Gasteiger partial charge in [0.2, 0.25) is 11.4 Å².